The SMILES string of the molecule is CC(C)(C)C1OCCc2ccccc21. The third-order valence-corrected chi connectivity index (χ3v) is 2.78. The molecule has 0 amide bonds. The Kier molecular flexibility index (Phi) is 2.36. The van der Waals surface area contributed by atoms with Gasteiger partial charge in [0.15, 0.2) is 0 Å². The minimum atomic E-state index is 0.191. The Hall–Kier alpha value is -0.820. The molecule has 0 saturated heterocycles. The molecule has 1 heterocycles. The lowest BCUT2D eigenvalue weighted by Crippen LogP contribution is -2.27. The molecule has 1 aromatic carbocycles. The van der Waals surface area contributed by atoms with Crippen LogP contribution in [0.3, 0.4) is 0 Å². The van der Waals surface area contributed by atoms with Gasteiger partial charge >= 0.3 is 0 Å². The van der Waals surface area contributed by atoms with Gasteiger partial charge in [-0.2, -0.15) is 0 Å². The van der Waals surface area contributed by atoms with E-state index in [-0.39, 0.29) is 11.5 Å². The molecule has 0 bridgehead atoms. The molecule has 0 spiro atoms. The summed E-state index contributed by atoms with van der Waals surface area (Å²) in [6.07, 6.45) is 1.32. The Labute approximate surface area is 86.1 Å². The van der Waals surface area contributed by atoms with Crippen molar-refractivity contribution in [3.8, 4) is 0 Å². The van der Waals surface area contributed by atoms with Gasteiger partial charge in [-0.1, -0.05) is 45.0 Å². The van der Waals surface area contributed by atoms with Crippen LogP contribution >= 0.6 is 0 Å². The van der Waals surface area contributed by atoms with E-state index in [0.717, 1.165) is 13.0 Å². The van der Waals surface area contributed by atoms with Crippen LogP contribution in [0, 0.1) is 5.41 Å². The van der Waals surface area contributed by atoms with Crippen molar-refractivity contribution in [2.75, 3.05) is 6.61 Å². The number of rotatable bonds is 0. The van der Waals surface area contributed by atoms with Gasteiger partial charge in [0, 0.05) is 0 Å². The molecule has 0 aliphatic carbocycles. The highest BCUT2D eigenvalue weighted by molar-refractivity contribution is 5.31. The van der Waals surface area contributed by atoms with E-state index in [4.69, 9.17) is 4.74 Å². The predicted molar refractivity (Wildman–Crippen MR) is 58.3 cm³/mol. The first-order chi connectivity index (χ1) is 6.59. The molecule has 76 valence electrons. The average molecular weight is 190 g/mol. The molecule has 1 atom stereocenters. The first-order valence-corrected chi connectivity index (χ1v) is 5.28. The normalized spacial score (nSPS) is 21.8. The highest BCUT2D eigenvalue weighted by Gasteiger charge is 2.30. The number of fused-ring (bicyclic) bond motifs is 1. The molecule has 1 unspecified atom stereocenters. The van der Waals surface area contributed by atoms with Crippen LogP contribution in [0.25, 0.3) is 0 Å². The van der Waals surface area contributed by atoms with Gasteiger partial charge in [0.1, 0.15) is 0 Å². The van der Waals surface area contributed by atoms with Gasteiger partial charge in [-0.3, -0.25) is 0 Å². The van der Waals surface area contributed by atoms with Crippen molar-refractivity contribution < 1.29 is 4.74 Å². The Morgan fingerprint density at radius 2 is 1.93 bits per heavy atom. The zero-order valence-corrected chi connectivity index (χ0v) is 9.21. The predicted octanol–water partition coefficient (Wildman–Crippen LogP) is 3.35. The monoisotopic (exact) mass is 190 g/mol. The molecule has 0 aromatic heterocycles. The van der Waals surface area contributed by atoms with Crippen LogP contribution < -0.4 is 0 Å². The van der Waals surface area contributed by atoms with E-state index in [2.05, 4.69) is 45.0 Å². The van der Waals surface area contributed by atoms with Crippen molar-refractivity contribution in [3.05, 3.63) is 35.4 Å². The molecule has 14 heavy (non-hydrogen) atoms. The van der Waals surface area contributed by atoms with Crippen LogP contribution in [0.5, 0.6) is 0 Å². The number of hydrogen-bond donors (Lipinski definition) is 0. The number of hydrogen-bond acceptors (Lipinski definition) is 1. The highest BCUT2D eigenvalue weighted by atomic mass is 16.5. The summed E-state index contributed by atoms with van der Waals surface area (Å²) in [4.78, 5) is 0. The molecule has 1 aromatic rings. The van der Waals surface area contributed by atoms with Gasteiger partial charge in [-0.05, 0) is 23.0 Å². The van der Waals surface area contributed by atoms with Crippen LogP contribution in [0.15, 0.2) is 24.3 Å². The van der Waals surface area contributed by atoms with E-state index in [1.807, 2.05) is 0 Å². The van der Waals surface area contributed by atoms with Crippen LogP contribution in [0.2, 0.25) is 0 Å². The Morgan fingerprint density at radius 3 is 2.64 bits per heavy atom. The fraction of sp³-hybridized carbons (Fsp3) is 0.538. The molecular formula is C13H18O. The van der Waals surface area contributed by atoms with Crippen LogP contribution in [-0.4, -0.2) is 6.61 Å². The first kappa shape index (κ1) is 9.72. The van der Waals surface area contributed by atoms with Crippen molar-refractivity contribution >= 4 is 0 Å². The van der Waals surface area contributed by atoms with Crippen molar-refractivity contribution in [1.82, 2.24) is 0 Å². The summed E-state index contributed by atoms with van der Waals surface area (Å²) in [7, 11) is 0. The third-order valence-electron chi connectivity index (χ3n) is 2.78. The molecule has 1 nitrogen and oxygen atoms in total. The highest BCUT2D eigenvalue weighted by Crippen LogP contribution is 2.39. The summed E-state index contributed by atoms with van der Waals surface area (Å²) in [6, 6.07) is 8.64. The summed E-state index contributed by atoms with van der Waals surface area (Å²) in [5, 5.41) is 0. The zero-order chi connectivity index (χ0) is 10.2. The van der Waals surface area contributed by atoms with E-state index in [1.165, 1.54) is 11.1 Å². The number of ether oxygens (including phenoxy) is 1. The summed E-state index contributed by atoms with van der Waals surface area (Å²) < 4.78 is 5.87. The minimum Gasteiger partial charge on any atom is -0.373 e. The molecule has 0 N–H and O–H groups in total. The summed E-state index contributed by atoms with van der Waals surface area (Å²) in [5.74, 6) is 0. The van der Waals surface area contributed by atoms with Crippen LogP contribution in [-0.2, 0) is 11.2 Å². The van der Waals surface area contributed by atoms with Gasteiger partial charge in [0.2, 0.25) is 0 Å². The summed E-state index contributed by atoms with van der Waals surface area (Å²) >= 11 is 0. The lowest BCUT2D eigenvalue weighted by Gasteiger charge is -2.35. The maximum absolute atomic E-state index is 5.87. The Morgan fingerprint density at radius 1 is 1.21 bits per heavy atom. The second kappa shape index (κ2) is 3.39. The van der Waals surface area contributed by atoms with Crippen molar-refractivity contribution in [3.63, 3.8) is 0 Å². The molecule has 1 heteroatoms. The smallest absolute Gasteiger partial charge is 0.0875 e. The second-order valence-electron chi connectivity index (χ2n) is 5.07. The molecule has 2 rings (SSSR count). The fourth-order valence-electron chi connectivity index (χ4n) is 2.11. The third kappa shape index (κ3) is 1.69. The van der Waals surface area contributed by atoms with Gasteiger partial charge in [-0.25, -0.2) is 0 Å². The van der Waals surface area contributed by atoms with Crippen molar-refractivity contribution in [2.45, 2.75) is 33.3 Å². The molecule has 0 saturated carbocycles. The lowest BCUT2D eigenvalue weighted by atomic mass is 9.81. The summed E-state index contributed by atoms with van der Waals surface area (Å²) in [5.41, 5.74) is 3.03. The van der Waals surface area contributed by atoms with E-state index < -0.39 is 0 Å². The van der Waals surface area contributed by atoms with Crippen LogP contribution in [0.4, 0.5) is 0 Å². The van der Waals surface area contributed by atoms with Gasteiger partial charge in [0.25, 0.3) is 0 Å². The minimum absolute atomic E-state index is 0.191. The van der Waals surface area contributed by atoms with Gasteiger partial charge in [-0.15, -0.1) is 0 Å². The van der Waals surface area contributed by atoms with E-state index in [0.29, 0.717) is 0 Å². The Balaban J connectivity index is 2.41. The fourth-order valence-corrected chi connectivity index (χ4v) is 2.11. The second-order valence-corrected chi connectivity index (χ2v) is 5.07. The molecule has 1 aliphatic heterocycles. The quantitative estimate of drug-likeness (QED) is 0.609. The standard InChI is InChI=1S/C13H18O/c1-13(2,3)12-11-7-5-4-6-10(11)8-9-14-12/h4-7,12H,8-9H2,1-3H3. The summed E-state index contributed by atoms with van der Waals surface area (Å²) in [6.45, 7) is 7.57. The van der Waals surface area contributed by atoms with Crippen LogP contribution in [0.1, 0.15) is 38.0 Å². The van der Waals surface area contributed by atoms with E-state index >= 15 is 0 Å². The maximum atomic E-state index is 5.87. The van der Waals surface area contributed by atoms with E-state index in [9.17, 15) is 0 Å². The maximum Gasteiger partial charge on any atom is 0.0875 e. The first-order valence-electron chi connectivity index (χ1n) is 5.28. The molecular weight excluding hydrogens is 172 g/mol. The zero-order valence-electron chi connectivity index (χ0n) is 9.21. The van der Waals surface area contributed by atoms with Crippen molar-refractivity contribution in [2.24, 2.45) is 5.41 Å². The molecule has 0 radical (unpaired) electrons. The van der Waals surface area contributed by atoms with Gasteiger partial charge in [0.05, 0.1) is 12.7 Å². The number of benzene rings is 1. The Bertz CT molecular complexity index is 322. The largest absolute Gasteiger partial charge is 0.373 e. The van der Waals surface area contributed by atoms with Gasteiger partial charge < -0.3 is 4.74 Å². The topological polar surface area (TPSA) is 9.23 Å². The molecule has 0 fully saturated rings. The van der Waals surface area contributed by atoms with Crippen molar-refractivity contribution in [1.29, 1.82) is 0 Å². The lowest BCUT2D eigenvalue weighted by molar-refractivity contribution is -0.0285. The van der Waals surface area contributed by atoms with E-state index in [1.54, 1.807) is 0 Å². The average Bonchev–Trinajstić information content (AvgIpc) is 2.15. The molecule has 1 aliphatic rings.